The lowest BCUT2D eigenvalue weighted by molar-refractivity contribution is -0.120. The van der Waals surface area contributed by atoms with E-state index in [1.54, 1.807) is 0 Å². The summed E-state index contributed by atoms with van der Waals surface area (Å²) in [6, 6.07) is 9.83. The van der Waals surface area contributed by atoms with Crippen LogP contribution in [0.3, 0.4) is 0 Å². The maximum atomic E-state index is 11.6. The molecule has 0 saturated heterocycles. The predicted octanol–water partition coefficient (Wildman–Crippen LogP) is 2.38. The number of benzene rings is 1. The van der Waals surface area contributed by atoms with E-state index in [1.165, 1.54) is 0 Å². The lowest BCUT2D eigenvalue weighted by Gasteiger charge is -2.19. The summed E-state index contributed by atoms with van der Waals surface area (Å²) >= 11 is 0. The van der Waals surface area contributed by atoms with E-state index in [0.717, 1.165) is 5.56 Å². The van der Waals surface area contributed by atoms with E-state index in [1.807, 2.05) is 44.2 Å². The molecule has 0 saturated carbocycles. The Morgan fingerprint density at radius 1 is 1.27 bits per heavy atom. The van der Waals surface area contributed by atoms with Gasteiger partial charge in [0.1, 0.15) is 0 Å². The molecular weight excluding hydrogens is 210 g/mol. The number of nitrogens with two attached hydrogens (primary N) is 1. The second kappa shape index (κ2) is 6.59. The molecule has 0 aromatic heterocycles. The van der Waals surface area contributed by atoms with Crippen molar-refractivity contribution in [3.63, 3.8) is 0 Å². The van der Waals surface area contributed by atoms with Crippen LogP contribution in [0.4, 0.5) is 0 Å². The van der Waals surface area contributed by atoms with E-state index in [9.17, 15) is 4.79 Å². The molecule has 0 aliphatic rings. The van der Waals surface area contributed by atoms with Gasteiger partial charge in [-0.2, -0.15) is 0 Å². The molecule has 1 rings (SSSR count). The Bertz CT molecular complexity index is 298. The third kappa shape index (κ3) is 3.65. The van der Waals surface area contributed by atoms with Crippen LogP contribution in [0.5, 0.6) is 0 Å². The van der Waals surface area contributed by atoms with Crippen LogP contribution in [0.15, 0.2) is 30.3 Å². The molecule has 0 radical (unpaired) electrons. The van der Waals surface area contributed by atoms with Crippen LogP contribution in [-0.2, 0) is 4.79 Å². The smallest absolute Gasteiger partial charge is 0.154 e. The molecule has 0 aliphatic carbocycles. The molecule has 0 heterocycles. The van der Waals surface area contributed by atoms with Crippen molar-refractivity contribution in [2.75, 3.05) is 6.54 Å². The highest BCUT2D eigenvalue weighted by molar-refractivity contribution is 5.87. The van der Waals surface area contributed by atoms with Gasteiger partial charge in [0.15, 0.2) is 5.78 Å². The molecule has 84 valence electrons. The zero-order valence-corrected chi connectivity index (χ0v) is 9.96. The summed E-state index contributed by atoms with van der Waals surface area (Å²) in [6.07, 6.45) is 0. The Kier molecular flexibility index (Phi) is 6.21. The summed E-state index contributed by atoms with van der Waals surface area (Å²) in [4.78, 5) is 11.6. The highest BCUT2D eigenvalue weighted by Gasteiger charge is 2.22. The van der Waals surface area contributed by atoms with E-state index in [0.29, 0.717) is 5.92 Å². The largest absolute Gasteiger partial charge is 0.324 e. The Labute approximate surface area is 97.3 Å². The molecule has 2 N–H and O–H groups in total. The minimum atomic E-state index is -0.0544. The average Bonchev–Trinajstić information content (AvgIpc) is 2.19. The molecule has 1 atom stereocenters. The summed E-state index contributed by atoms with van der Waals surface area (Å²) in [5, 5.41) is 0. The first-order valence-electron chi connectivity index (χ1n) is 4.94. The minimum absolute atomic E-state index is 0. The highest BCUT2D eigenvalue weighted by Crippen LogP contribution is 2.24. The maximum Gasteiger partial charge on any atom is 0.154 e. The van der Waals surface area contributed by atoms with Gasteiger partial charge in [-0.05, 0) is 11.5 Å². The highest BCUT2D eigenvalue weighted by atomic mass is 35.5. The number of ketones is 1. The van der Waals surface area contributed by atoms with E-state index in [4.69, 9.17) is 5.73 Å². The zero-order chi connectivity index (χ0) is 10.6. The number of rotatable bonds is 4. The van der Waals surface area contributed by atoms with Crippen molar-refractivity contribution in [1.29, 1.82) is 0 Å². The van der Waals surface area contributed by atoms with E-state index >= 15 is 0 Å². The van der Waals surface area contributed by atoms with Crippen molar-refractivity contribution in [1.82, 2.24) is 0 Å². The summed E-state index contributed by atoms with van der Waals surface area (Å²) in [6.45, 7) is 4.22. The third-order valence-electron chi connectivity index (χ3n) is 2.37. The SMILES string of the molecule is CC(C)C(C(=O)CN)c1ccccc1.Cl. The third-order valence-corrected chi connectivity index (χ3v) is 2.37. The molecule has 0 amide bonds. The molecule has 3 heteroatoms. The van der Waals surface area contributed by atoms with Gasteiger partial charge in [-0.15, -0.1) is 12.4 Å². The molecule has 1 aromatic rings. The van der Waals surface area contributed by atoms with Gasteiger partial charge in [-0.3, -0.25) is 4.79 Å². The summed E-state index contributed by atoms with van der Waals surface area (Å²) in [5.41, 5.74) is 6.47. The van der Waals surface area contributed by atoms with Crippen molar-refractivity contribution in [2.45, 2.75) is 19.8 Å². The molecule has 15 heavy (non-hydrogen) atoms. The molecule has 0 bridgehead atoms. The fraction of sp³-hybridized carbons (Fsp3) is 0.417. The summed E-state index contributed by atoms with van der Waals surface area (Å²) in [5.74, 6) is 0.362. The molecule has 0 fully saturated rings. The lowest BCUT2D eigenvalue weighted by atomic mass is 9.85. The van der Waals surface area contributed by atoms with E-state index < -0.39 is 0 Å². The fourth-order valence-corrected chi connectivity index (χ4v) is 1.73. The number of carbonyl (C=O) groups is 1. The number of Topliss-reactive ketones (excluding diaryl/α,β-unsaturated/α-hetero) is 1. The van der Waals surface area contributed by atoms with Gasteiger partial charge in [0.2, 0.25) is 0 Å². The van der Waals surface area contributed by atoms with Crippen LogP contribution in [0, 0.1) is 5.92 Å². The Morgan fingerprint density at radius 2 is 1.80 bits per heavy atom. The van der Waals surface area contributed by atoms with Crippen LogP contribution in [-0.4, -0.2) is 12.3 Å². The molecule has 1 aromatic carbocycles. The number of halogens is 1. The summed E-state index contributed by atoms with van der Waals surface area (Å²) in [7, 11) is 0. The van der Waals surface area contributed by atoms with Crippen LogP contribution < -0.4 is 5.73 Å². The van der Waals surface area contributed by atoms with E-state index in [-0.39, 0.29) is 30.7 Å². The van der Waals surface area contributed by atoms with Gasteiger partial charge in [-0.1, -0.05) is 44.2 Å². The van der Waals surface area contributed by atoms with Crippen LogP contribution >= 0.6 is 12.4 Å². The second-order valence-electron chi connectivity index (χ2n) is 3.80. The van der Waals surface area contributed by atoms with Gasteiger partial charge in [0.05, 0.1) is 6.54 Å². The van der Waals surface area contributed by atoms with Gasteiger partial charge in [-0.25, -0.2) is 0 Å². The van der Waals surface area contributed by atoms with Gasteiger partial charge < -0.3 is 5.73 Å². The molecule has 0 spiro atoms. The molecule has 0 aliphatic heterocycles. The number of hydrogen-bond acceptors (Lipinski definition) is 2. The van der Waals surface area contributed by atoms with Crippen LogP contribution in [0.1, 0.15) is 25.3 Å². The first-order chi connectivity index (χ1) is 6.66. The Balaban J connectivity index is 0.00000196. The molecule has 1 unspecified atom stereocenters. The average molecular weight is 228 g/mol. The van der Waals surface area contributed by atoms with Crippen LogP contribution in [0.2, 0.25) is 0 Å². The zero-order valence-electron chi connectivity index (χ0n) is 9.14. The number of carbonyl (C=O) groups excluding carboxylic acids is 1. The first-order valence-corrected chi connectivity index (χ1v) is 4.94. The normalized spacial score (nSPS) is 12.0. The fourth-order valence-electron chi connectivity index (χ4n) is 1.73. The maximum absolute atomic E-state index is 11.6. The predicted molar refractivity (Wildman–Crippen MR) is 65.3 cm³/mol. The van der Waals surface area contributed by atoms with Crippen molar-refractivity contribution in [2.24, 2.45) is 11.7 Å². The Hall–Kier alpha value is -0.860. The van der Waals surface area contributed by atoms with Crippen LogP contribution in [0.25, 0.3) is 0 Å². The van der Waals surface area contributed by atoms with Crippen molar-refractivity contribution >= 4 is 18.2 Å². The monoisotopic (exact) mass is 227 g/mol. The number of hydrogen-bond donors (Lipinski definition) is 1. The first kappa shape index (κ1) is 14.1. The Morgan fingerprint density at radius 3 is 2.20 bits per heavy atom. The van der Waals surface area contributed by atoms with E-state index in [2.05, 4.69) is 0 Å². The molecular formula is C12H18ClNO. The minimum Gasteiger partial charge on any atom is -0.324 e. The standard InChI is InChI=1S/C12H17NO.ClH/c1-9(2)12(11(14)8-13)10-6-4-3-5-7-10;/h3-7,9,12H,8,13H2,1-2H3;1H. The quantitative estimate of drug-likeness (QED) is 0.858. The van der Waals surface area contributed by atoms with Gasteiger partial charge in [0, 0.05) is 5.92 Å². The lowest BCUT2D eigenvalue weighted by Crippen LogP contribution is -2.25. The van der Waals surface area contributed by atoms with Crippen molar-refractivity contribution in [3.05, 3.63) is 35.9 Å². The van der Waals surface area contributed by atoms with Gasteiger partial charge >= 0.3 is 0 Å². The van der Waals surface area contributed by atoms with Crippen molar-refractivity contribution < 1.29 is 4.79 Å². The molecule has 2 nitrogen and oxygen atoms in total. The summed E-state index contributed by atoms with van der Waals surface area (Å²) < 4.78 is 0. The second-order valence-corrected chi connectivity index (χ2v) is 3.80. The van der Waals surface area contributed by atoms with Crippen molar-refractivity contribution in [3.8, 4) is 0 Å². The van der Waals surface area contributed by atoms with Gasteiger partial charge in [0.25, 0.3) is 0 Å². The topological polar surface area (TPSA) is 43.1 Å².